The maximum Gasteiger partial charge on any atom is 0.161 e. The molecule has 0 heterocycles. The van der Waals surface area contributed by atoms with Gasteiger partial charge >= 0.3 is 0 Å². The van der Waals surface area contributed by atoms with Crippen molar-refractivity contribution in [3.05, 3.63) is 126 Å². The van der Waals surface area contributed by atoms with Gasteiger partial charge in [-0.2, -0.15) is 0 Å². The van der Waals surface area contributed by atoms with Gasteiger partial charge in [-0.05, 0) is 30.3 Å². The van der Waals surface area contributed by atoms with E-state index in [4.69, 9.17) is 14.2 Å². The van der Waals surface area contributed by atoms with E-state index in [0.717, 1.165) is 35.7 Å². The van der Waals surface area contributed by atoms with E-state index in [0.29, 0.717) is 17.1 Å². The van der Waals surface area contributed by atoms with Crippen molar-refractivity contribution in [1.82, 2.24) is 0 Å². The third-order valence-electron chi connectivity index (χ3n) is 4.39. The quantitative estimate of drug-likeness (QED) is 0.227. The molecule has 0 saturated heterocycles. The molecule has 0 aliphatic heterocycles. The summed E-state index contributed by atoms with van der Waals surface area (Å²) in [6.07, 6.45) is 2.43. The fourth-order valence-electron chi connectivity index (χ4n) is 2.55. The zero-order valence-electron chi connectivity index (χ0n) is 24.6. The summed E-state index contributed by atoms with van der Waals surface area (Å²) in [5.41, 5.74) is 2.03. The van der Waals surface area contributed by atoms with Gasteiger partial charge in [-0.3, -0.25) is 14.4 Å². The molecule has 0 radical (unpaired) electrons. The Bertz CT molecular complexity index is 1090. The van der Waals surface area contributed by atoms with Crippen molar-refractivity contribution in [2.24, 2.45) is 0 Å². The van der Waals surface area contributed by atoms with Crippen molar-refractivity contribution >= 4 is 18.9 Å². The van der Waals surface area contributed by atoms with Crippen LogP contribution in [0.3, 0.4) is 0 Å². The lowest BCUT2D eigenvalue weighted by atomic mass is 10.2. The lowest BCUT2D eigenvalue weighted by Gasteiger charge is -2.06. The predicted octanol–water partition coefficient (Wildman–Crippen LogP) is 8.26. The first-order valence-corrected chi connectivity index (χ1v) is 12.9. The van der Waals surface area contributed by atoms with Crippen molar-refractivity contribution in [2.75, 3.05) is 21.3 Å². The second-order valence-electron chi connectivity index (χ2n) is 6.81. The molecule has 0 amide bonds. The highest BCUT2D eigenvalue weighted by Gasteiger charge is 2.02. The number of para-hydroxylation sites is 1. The number of ether oxygens (including phenoxy) is 3. The second kappa shape index (κ2) is 27.3. The Balaban J connectivity index is 0. The molecule has 0 aliphatic rings. The highest BCUT2D eigenvalue weighted by Crippen LogP contribution is 2.26. The maximum atomic E-state index is 10.4. The Kier molecular flexibility index (Phi) is 25.6. The SMILES string of the molecule is CC.CC.COc1ccc(C=O)cc1OC.COc1ccccc1.O=Cc1ccccc1.O=Cc1ccccc1. The molecule has 4 aromatic carbocycles. The van der Waals surface area contributed by atoms with E-state index < -0.39 is 0 Å². The largest absolute Gasteiger partial charge is 0.497 e. The lowest BCUT2D eigenvalue weighted by Crippen LogP contribution is -1.91. The van der Waals surface area contributed by atoms with Gasteiger partial charge in [0.15, 0.2) is 11.5 Å². The molecule has 0 aliphatic carbocycles. The topological polar surface area (TPSA) is 78.9 Å². The zero-order valence-corrected chi connectivity index (χ0v) is 24.6. The maximum absolute atomic E-state index is 10.4. The Hall–Kier alpha value is -4.71. The Morgan fingerprint density at radius 2 is 0.800 bits per heavy atom. The number of hydrogen-bond donors (Lipinski definition) is 0. The number of rotatable bonds is 6. The van der Waals surface area contributed by atoms with Crippen LogP contribution < -0.4 is 14.2 Å². The third-order valence-corrected chi connectivity index (χ3v) is 4.39. The van der Waals surface area contributed by atoms with Gasteiger partial charge < -0.3 is 14.2 Å². The Morgan fingerprint density at radius 3 is 1.07 bits per heavy atom. The molecule has 0 atom stereocenters. The number of methoxy groups -OCH3 is 3. The van der Waals surface area contributed by atoms with Gasteiger partial charge in [-0.15, -0.1) is 0 Å². The molecular formula is C34H42O6. The van der Waals surface area contributed by atoms with Crippen LogP contribution in [0.5, 0.6) is 17.2 Å². The highest BCUT2D eigenvalue weighted by atomic mass is 16.5. The Labute approximate surface area is 239 Å². The monoisotopic (exact) mass is 546 g/mol. The van der Waals surface area contributed by atoms with Gasteiger partial charge in [0, 0.05) is 16.7 Å². The number of carbonyl (C=O) groups excluding carboxylic acids is 3. The highest BCUT2D eigenvalue weighted by molar-refractivity contribution is 5.76. The summed E-state index contributed by atoms with van der Waals surface area (Å²) in [7, 11) is 4.75. The van der Waals surface area contributed by atoms with E-state index in [1.54, 1.807) is 56.7 Å². The van der Waals surface area contributed by atoms with Gasteiger partial charge in [0.25, 0.3) is 0 Å². The third kappa shape index (κ3) is 17.7. The molecule has 0 N–H and O–H groups in total. The summed E-state index contributed by atoms with van der Waals surface area (Å²) in [4.78, 5) is 30.4. The molecule has 6 nitrogen and oxygen atoms in total. The molecule has 214 valence electrons. The van der Waals surface area contributed by atoms with Crippen molar-refractivity contribution in [1.29, 1.82) is 0 Å². The summed E-state index contributed by atoms with van der Waals surface area (Å²) in [6.45, 7) is 8.00. The summed E-state index contributed by atoms with van der Waals surface area (Å²) in [6, 6.07) is 32.9. The molecule has 0 unspecified atom stereocenters. The van der Waals surface area contributed by atoms with Crippen LogP contribution in [-0.2, 0) is 0 Å². The molecule has 4 rings (SSSR count). The zero-order chi connectivity index (χ0) is 30.4. The number of aldehydes is 3. The first-order valence-electron chi connectivity index (χ1n) is 12.9. The smallest absolute Gasteiger partial charge is 0.161 e. The summed E-state index contributed by atoms with van der Waals surface area (Å²) >= 11 is 0. The molecule has 6 heteroatoms. The molecule has 4 aromatic rings. The lowest BCUT2D eigenvalue weighted by molar-refractivity contribution is 0.111. The fourth-order valence-corrected chi connectivity index (χ4v) is 2.55. The molecular weight excluding hydrogens is 504 g/mol. The number of benzene rings is 4. The molecule has 40 heavy (non-hydrogen) atoms. The first kappa shape index (κ1) is 37.4. The van der Waals surface area contributed by atoms with Crippen LogP contribution in [0.25, 0.3) is 0 Å². The average Bonchev–Trinajstić information content (AvgIpc) is 3.08. The number of carbonyl (C=O) groups is 3. The first-order chi connectivity index (χ1) is 19.6. The Morgan fingerprint density at radius 1 is 0.425 bits per heavy atom. The van der Waals surface area contributed by atoms with E-state index in [-0.39, 0.29) is 0 Å². The van der Waals surface area contributed by atoms with Gasteiger partial charge in [-0.25, -0.2) is 0 Å². The van der Waals surface area contributed by atoms with Crippen molar-refractivity contribution in [3.63, 3.8) is 0 Å². The fraction of sp³-hybridized carbons (Fsp3) is 0.206. The van der Waals surface area contributed by atoms with Crippen LogP contribution in [0.2, 0.25) is 0 Å². The molecule has 0 bridgehead atoms. The minimum absolute atomic E-state index is 0.571. The number of hydrogen-bond acceptors (Lipinski definition) is 6. The van der Waals surface area contributed by atoms with Crippen LogP contribution in [0.15, 0.2) is 109 Å². The second-order valence-corrected chi connectivity index (χ2v) is 6.81. The van der Waals surface area contributed by atoms with Crippen LogP contribution in [-0.4, -0.2) is 40.2 Å². The predicted molar refractivity (Wildman–Crippen MR) is 164 cm³/mol. The van der Waals surface area contributed by atoms with Crippen LogP contribution in [0, 0.1) is 0 Å². The van der Waals surface area contributed by atoms with Gasteiger partial charge in [0.2, 0.25) is 0 Å². The van der Waals surface area contributed by atoms with Crippen molar-refractivity contribution < 1.29 is 28.6 Å². The summed E-state index contributed by atoms with van der Waals surface area (Å²) in [5, 5.41) is 0. The van der Waals surface area contributed by atoms with Gasteiger partial charge in [0.1, 0.15) is 24.6 Å². The van der Waals surface area contributed by atoms with Gasteiger partial charge in [0.05, 0.1) is 21.3 Å². The normalized spacial score (nSPS) is 8.18. The standard InChI is InChI=1S/C9H10O3.C7H8O.2C7H6O.2C2H6/c1-11-8-4-3-7(6-10)5-9(8)12-2;1-8-7-5-3-2-4-6-7;2*8-6-7-4-2-1-3-5-7;2*1-2/h3-6H,1-2H3;2-6H,1H3;2*1-6H;2*1-2H3. The van der Waals surface area contributed by atoms with Crippen LogP contribution >= 0.6 is 0 Å². The molecule has 0 fully saturated rings. The van der Waals surface area contributed by atoms with E-state index in [9.17, 15) is 14.4 Å². The minimum atomic E-state index is 0.571. The summed E-state index contributed by atoms with van der Waals surface area (Å²) in [5.74, 6) is 2.11. The average molecular weight is 547 g/mol. The van der Waals surface area contributed by atoms with E-state index in [1.807, 2.05) is 94.4 Å². The summed E-state index contributed by atoms with van der Waals surface area (Å²) < 4.78 is 14.9. The van der Waals surface area contributed by atoms with E-state index >= 15 is 0 Å². The van der Waals surface area contributed by atoms with E-state index in [2.05, 4.69) is 0 Å². The van der Waals surface area contributed by atoms with Gasteiger partial charge in [-0.1, -0.05) is 107 Å². The van der Waals surface area contributed by atoms with Crippen molar-refractivity contribution in [3.8, 4) is 17.2 Å². The minimum Gasteiger partial charge on any atom is -0.497 e. The molecule has 0 spiro atoms. The molecule has 0 saturated carbocycles. The van der Waals surface area contributed by atoms with Crippen molar-refractivity contribution in [2.45, 2.75) is 27.7 Å². The van der Waals surface area contributed by atoms with Crippen LogP contribution in [0.4, 0.5) is 0 Å². The van der Waals surface area contributed by atoms with E-state index in [1.165, 1.54) is 7.11 Å². The van der Waals surface area contributed by atoms with Crippen LogP contribution in [0.1, 0.15) is 58.8 Å². The molecule has 0 aromatic heterocycles.